The number of rotatable bonds is 32. The summed E-state index contributed by atoms with van der Waals surface area (Å²) in [6.07, 6.45) is 45.8. The monoisotopic (exact) mass is 2110 g/mol. The van der Waals surface area contributed by atoms with E-state index in [9.17, 15) is 47.6 Å². The number of amides is 1. The molecule has 0 radical (unpaired) electrons. The average Bonchev–Trinajstić information content (AvgIpc) is 1.67. The van der Waals surface area contributed by atoms with Crippen LogP contribution in [0, 0.1) is 59.2 Å². The van der Waals surface area contributed by atoms with Crippen molar-refractivity contribution in [2.45, 2.75) is 360 Å². The number of nitrogens with two attached hydrogens (primary N) is 1. The highest BCUT2D eigenvalue weighted by Gasteiger charge is 2.34. The van der Waals surface area contributed by atoms with Gasteiger partial charge in [-0.3, -0.25) is 8.42 Å². The van der Waals surface area contributed by atoms with Crippen LogP contribution in [0.5, 0.6) is 0 Å². The van der Waals surface area contributed by atoms with Crippen LogP contribution in [0.2, 0.25) is 0 Å². The number of nitrogens with one attached hydrogen (secondary N) is 1. The number of benzene rings is 7. The molecule has 4 atom stereocenters. The first-order valence-corrected chi connectivity index (χ1v) is 63.4. The molecule has 7 aromatic carbocycles. The van der Waals surface area contributed by atoms with E-state index in [2.05, 4.69) is 226 Å². The Morgan fingerprint density at radius 1 is 0.408 bits per heavy atom. The van der Waals surface area contributed by atoms with Crippen molar-refractivity contribution in [3.8, 4) is 11.4 Å². The number of nitrogens with zero attached hydrogens (tertiary/aromatic N) is 6. The number of fused-ring (bicyclic) bond motifs is 2. The highest BCUT2D eigenvalue weighted by Crippen LogP contribution is 2.41. The number of carbonyl (C=O) groups is 1. The molecular formula is C122H180N8O12S5-2. The van der Waals surface area contributed by atoms with Gasteiger partial charge in [-0.15, -0.1) is 0 Å². The molecule has 3 aliphatic heterocycles. The van der Waals surface area contributed by atoms with Gasteiger partial charge < -0.3 is 44.2 Å². The van der Waals surface area contributed by atoms with E-state index in [-0.39, 0.29) is 38.4 Å². The second-order valence-corrected chi connectivity index (χ2v) is 57.2. The van der Waals surface area contributed by atoms with Crippen molar-refractivity contribution in [1.29, 1.82) is 0 Å². The zero-order valence-corrected chi connectivity index (χ0v) is 95.6. The molecule has 0 bridgehead atoms. The SMILES string of the molecule is CC(C)S(=O)(=O)CC1CCC(CCc2ccc(-n3ccc4ccccc43)cc2)CC1.CC(C)S(=O)(=O)CC1CCC(CCc2ccc(-n3cccn3)cc2)CC1.CC(C)S(=O)(=O)CC1CCC(CCc2ccc(N3CCc4ccccc43)cc2)CC1.CC(C)S(=O)[O-].CC(C)S(=O)[O-].CC1CCC(CCc2ccc(N3CCC(N)C3)cc2)CC1.CC1CCC(CCc2ccc(N3CCC(NC(=O)OC(C)(C)C)C3)cc2)CC1. The number of ether oxygens (including phenoxy) is 1. The molecule has 4 unspecified atom stereocenters. The summed E-state index contributed by atoms with van der Waals surface area (Å²) in [5.74, 6) is 8.26. The van der Waals surface area contributed by atoms with Gasteiger partial charge in [-0.05, 0) is 367 Å². The smallest absolute Gasteiger partial charge is 0.407 e. The number of para-hydroxylation sites is 2. The van der Waals surface area contributed by atoms with E-state index in [1.807, 2.05) is 37.7 Å². The molecule has 2 saturated heterocycles. The van der Waals surface area contributed by atoms with Crippen LogP contribution in [0.3, 0.4) is 0 Å². The van der Waals surface area contributed by atoms with Crippen molar-refractivity contribution in [3.63, 3.8) is 0 Å². The van der Waals surface area contributed by atoms with E-state index in [0.29, 0.717) is 41.1 Å². The number of carbonyl (C=O) groups excluding carboxylic acids is 1. The summed E-state index contributed by atoms with van der Waals surface area (Å²) in [5.41, 5.74) is 22.9. The second-order valence-electron chi connectivity index (χ2n) is 46.5. The van der Waals surface area contributed by atoms with Gasteiger partial charge in [0, 0.05) is 96.3 Å². The van der Waals surface area contributed by atoms with Crippen LogP contribution in [0.25, 0.3) is 22.3 Å². The van der Waals surface area contributed by atoms with Gasteiger partial charge in [0.2, 0.25) is 0 Å². The highest BCUT2D eigenvalue weighted by molar-refractivity contribution is 7.92. The molecule has 1 amide bonds. The molecule has 9 aromatic rings. The van der Waals surface area contributed by atoms with E-state index >= 15 is 0 Å². The van der Waals surface area contributed by atoms with Crippen LogP contribution in [0.1, 0.15) is 311 Å². The summed E-state index contributed by atoms with van der Waals surface area (Å²) in [7, 11) is -8.71. The number of alkyl carbamates (subject to hydrolysis) is 1. The summed E-state index contributed by atoms with van der Waals surface area (Å²) < 4.78 is 121. The normalized spacial score (nSPS) is 22.7. The molecule has 25 heteroatoms. The van der Waals surface area contributed by atoms with E-state index < -0.39 is 57.3 Å². The Kier molecular flexibility index (Phi) is 47.6. The van der Waals surface area contributed by atoms with Crippen molar-refractivity contribution in [2.24, 2.45) is 64.9 Å². The lowest BCUT2D eigenvalue weighted by atomic mass is 9.80. The third kappa shape index (κ3) is 40.2. The van der Waals surface area contributed by atoms with Gasteiger partial charge in [-0.25, -0.2) is 34.7 Å². The summed E-state index contributed by atoms with van der Waals surface area (Å²) in [4.78, 5) is 19.2. The molecular weight excluding hydrogens is 1930 g/mol. The number of hydrogen-bond donors (Lipinski definition) is 2. The van der Waals surface area contributed by atoms with Crippen molar-refractivity contribution in [3.05, 3.63) is 234 Å². The molecule has 20 nitrogen and oxygen atoms in total. The quantitative estimate of drug-likeness (QED) is 0.0371. The van der Waals surface area contributed by atoms with Gasteiger partial charge in [0.05, 0.1) is 50.3 Å². The maximum atomic E-state index is 12.2. The first-order valence-electron chi connectivity index (χ1n) is 56.0. The molecule has 5 aliphatic carbocycles. The Bertz CT molecular complexity index is 5730. The van der Waals surface area contributed by atoms with Crippen molar-refractivity contribution >= 4 is 91.4 Å². The Morgan fingerprint density at radius 3 is 1.11 bits per heavy atom. The Labute approximate surface area is 891 Å². The predicted octanol–water partition coefficient (Wildman–Crippen LogP) is 26.6. The summed E-state index contributed by atoms with van der Waals surface area (Å²) in [6.45, 7) is 32.8. The van der Waals surface area contributed by atoms with E-state index in [1.54, 1.807) is 75.4 Å². The number of sulfone groups is 3. The van der Waals surface area contributed by atoms with E-state index in [4.69, 9.17) is 10.5 Å². The minimum Gasteiger partial charge on any atom is -0.772 e. The fourth-order valence-corrected chi connectivity index (χ4v) is 26.0. The minimum absolute atomic E-state index is 0.156. The first-order chi connectivity index (χ1) is 70.0. The van der Waals surface area contributed by atoms with Crippen LogP contribution in [0.15, 0.2) is 201 Å². The summed E-state index contributed by atoms with van der Waals surface area (Å²) >= 11 is -3.73. The van der Waals surface area contributed by atoms with Crippen LogP contribution in [0.4, 0.5) is 27.5 Å². The summed E-state index contributed by atoms with van der Waals surface area (Å²) in [5, 5.41) is 7.32. The van der Waals surface area contributed by atoms with Crippen molar-refractivity contribution in [1.82, 2.24) is 19.7 Å². The first kappa shape index (κ1) is 119. The molecule has 7 fully saturated rings. The molecule has 17 rings (SSSR count). The molecule has 2 aromatic heterocycles. The molecule has 0 spiro atoms. The van der Waals surface area contributed by atoms with E-state index in [1.165, 1.54) is 208 Å². The third-order valence-electron chi connectivity index (χ3n) is 32.1. The fourth-order valence-electron chi connectivity index (χ4n) is 21.9. The predicted molar refractivity (Wildman–Crippen MR) is 613 cm³/mol. The minimum atomic E-state index is -2.91. The topological polar surface area (TPSA) is 280 Å². The average molecular weight is 2110 g/mol. The number of aryl methyl sites for hydroxylation is 5. The van der Waals surface area contributed by atoms with Gasteiger partial charge in [0.15, 0.2) is 29.5 Å². The fraction of sp³-hybridized carbons (Fsp3) is 0.607. The molecule has 5 saturated carbocycles. The lowest BCUT2D eigenvalue weighted by molar-refractivity contribution is 0.0508. The van der Waals surface area contributed by atoms with Crippen molar-refractivity contribution < 1.29 is 52.3 Å². The third-order valence-corrected chi connectivity index (χ3v) is 40.8. The Hall–Kier alpha value is -8.01. The van der Waals surface area contributed by atoms with Gasteiger partial charge in [0.1, 0.15) is 5.60 Å². The lowest BCUT2D eigenvalue weighted by Crippen LogP contribution is -2.40. The van der Waals surface area contributed by atoms with Crippen LogP contribution >= 0.6 is 0 Å². The highest BCUT2D eigenvalue weighted by atomic mass is 32.2. The van der Waals surface area contributed by atoms with Gasteiger partial charge >= 0.3 is 6.09 Å². The molecule has 812 valence electrons. The summed E-state index contributed by atoms with van der Waals surface area (Å²) in [6, 6.07) is 66.7. The molecule has 3 N–H and O–H groups in total. The Morgan fingerprint density at radius 2 is 0.748 bits per heavy atom. The van der Waals surface area contributed by atoms with Crippen LogP contribution in [-0.4, -0.2) is 157 Å². The van der Waals surface area contributed by atoms with Crippen LogP contribution < -0.4 is 25.8 Å². The Balaban J connectivity index is 0.000000170. The zero-order chi connectivity index (χ0) is 106. The van der Waals surface area contributed by atoms with Gasteiger partial charge in [-0.2, -0.15) is 5.10 Å². The lowest BCUT2D eigenvalue weighted by Gasteiger charge is -2.29. The zero-order valence-electron chi connectivity index (χ0n) is 91.6. The second kappa shape index (κ2) is 58.7. The molecule has 8 aliphatic rings. The number of hydrogen-bond acceptors (Lipinski definition) is 17. The van der Waals surface area contributed by atoms with Gasteiger partial charge in [-0.1, -0.05) is 251 Å². The molecule has 5 heterocycles. The number of anilines is 4. The van der Waals surface area contributed by atoms with Crippen molar-refractivity contribution in [2.75, 3.05) is 64.7 Å². The molecule has 147 heavy (non-hydrogen) atoms. The standard InChI is InChI=1S/C26H35NO2S.C26H33NO2S.C24H38N2O2.C21H30N2O2S.C19H30N2.2C3H8O2S/c2*1-20(2)30(28,29)19-23-11-9-21(10-12-23)7-8-22-13-15-25(16-14-22)27-18-17-24-5-3-4-6-26(24)27;1-18-5-7-19(8-6-18)9-10-20-11-13-22(14-12-20)26-16-15-21(17-26)25-23(27)28-24(2,3)4;1-17(2)26(24,25)16-20-8-6-18(7-9-20)4-5-19-10-12-21(13-11-19)23-15-3-14-22-23;1-15-2-4-16(5-3-15)6-7-17-8-10-19(11-9-17)21-13-12-18(20)14-21;2*1-3(2)6(4)5/h3-6,13-16,20-21,23H,7-12,17-19H2,1-2H3;3-6,13-18,20-21,23H,7-12,19H2,1-2H3;11-14,18-19,21H,5-10,15-17H2,1-4H3,(H,25,27);3,10-15,17-18,20H,4-9,16H2,1-2H3;8-11,15-16,18H,2-7,12-14,20H2,1H3;2*3H,1-2H3,(H,4,5)/p-2. The van der Waals surface area contributed by atoms with Crippen LogP contribution in [-0.2, 0) is 94.9 Å². The van der Waals surface area contributed by atoms with E-state index in [0.717, 1.165) is 157 Å². The largest absolute Gasteiger partial charge is 0.772 e. The maximum Gasteiger partial charge on any atom is 0.407 e. The number of aromatic nitrogens is 3. The maximum absolute atomic E-state index is 12.2. The van der Waals surface area contributed by atoms with Gasteiger partial charge in [0.25, 0.3) is 0 Å².